The largest absolute Gasteiger partial charge is 0.382 e. The summed E-state index contributed by atoms with van der Waals surface area (Å²) in [5.74, 6) is 1.17. The highest BCUT2D eigenvalue weighted by molar-refractivity contribution is 7.09. The zero-order chi connectivity index (χ0) is 11.4. The minimum absolute atomic E-state index is 0.432. The molecular weight excluding hydrogens is 222 g/mol. The number of hydrogen-bond acceptors (Lipinski definition) is 6. The number of nitrogens with one attached hydrogen (secondary N) is 1. The van der Waals surface area contributed by atoms with Crippen molar-refractivity contribution < 1.29 is 0 Å². The van der Waals surface area contributed by atoms with Crippen LogP contribution < -0.4 is 11.1 Å². The zero-order valence-electron chi connectivity index (χ0n) is 8.97. The predicted molar refractivity (Wildman–Crippen MR) is 65.5 cm³/mol. The van der Waals surface area contributed by atoms with Crippen LogP contribution in [0.2, 0.25) is 0 Å². The van der Waals surface area contributed by atoms with E-state index in [2.05, 4.69) is 25.6 Å². The van der Waals surface area contributed by atoms with Gasteiger partial charge in [0.25, 0.3) is 0 Å². The molecule has 0 radical (unpaired) electrons. The van der Waals surface area contributed by atoms with Crippen molar-refractivity contribution in [3.8, 4) is 0 Å². The number of rotatable bonds is 4. The minimum atomic E-state index is 0.432. The van der Waals surface area contributed by atoms with E-state index in [1.807, 2.05) is 6.92 Å². The van der Waals surface area contributed by atoms with Crippen LogP contribution in [0.5, 0.6) is 0 Å². The lowest BCUT2D eigenvalue weighted by Crippen LogP contribution is -2.06. The fraction of sp³-hybridized carbons (Fsp3) is 0.300. The molecule has 0 unspecified atom stereocenters. The molecule has 3 N–H and O–H groups in total. The van der Waals surface area contributed by atoms with Gasteiger partial charge < -0.3 is 11.1 Å². The number of hydrogen-bond donors (Lipinski definition) is 2. The summed E-state index contributed by atoms with van der Waals surface area (Å²) in [6.07, 6.45) is 4.06. The van der Waals surface area contributed by atoms with Crippen molar-refractivity contribution in [2.45, 2.75) is 13.3 Å². The maximum atomic E-state index is 5.44. The zero-order valence-corrected chi connectivity index (χ0v) is 9.79. The Balaban J connectivity index is 1.82. The molecule has 0 aromatic carbocycles. The quantitative estimate of drug-likeness (QED) is 0.839. The summed E-state index contributed by atoms with van der Waals surface area (Å²) < 4.78 is 0. The Morgan fingerprint density at radius 1 is 1.38 bits per heavy atom. The van der Waals surface area contributed by atoms with Gasteiger partial charge in [0.15, 0.2) is 0 Å². The van der Waals surface area contributed by atoms with Crippen LogP contribution in [0.1, 0.15) is 10.7 Å². The Morgan fingerprint density at radius 2 is 2.25 bits per heavy atom. The summed E-state index contributed by atoms with van der Waals surface area (Å²) in [6, 6.07) is 0. The van der Waals surface area contributed by atoms with Crippen molar-refractivity contribution in [2.24, 2.45) is 0 Å². The lowest BCUT2D eigenvalue weighted by Gasteiger charge is -2.03. The molecule has 0 fully saturated rings. The number of nitrogens with two attached hydrogens (primary N) is 1. The van der Waals surface area contributed by atoms with Gasteiger partial charge >= 0.3 is 0 Å². The molecule has 0 amide bonds. The smallest absolute Gasteiger partial charge is 0.144 e. The Morgan fingerprint density at radius 3 is 2.88 bits per heavy atom. The molecule has 0 aliphatic heterocycles. The van der Waals surface area contributed by atoms with Crippen LogP contribution >= 0.6 is 11.3 Å². The third kappa shape index (κ3) is 2.90. The van der Waals surface area contributed by atoms with Gasteiger partial charge in [-0.1, -0.05) is 0 Å². The Labute approximate surface area is 97.8 Å². The maximum absolute atomic E-state index is 5.44. The highest BCUT2D eigenvalue weighted by atomic mass is 32.1. The molecule has 0 saturated carbocycles. The molecule has 0 aliphatic rings. The van der Waals surface area contributed by atoms with Crippen LogP contribution in [-0.2, 0) is 6.42 Å². The van der Waals surface area contributed by atoms with Crippen LogP contribution in [0, 0.1) is 6.92 Å². The second-order valence-electron chi connectivity index (χ2n) is 3.39. The van der Waals surface area contributed by atoms with E-state index in [9.17, 15) is 0 Å². The monoisotopic (exact) mass is 235 g/mol. The number of nitrogen functional groups attached to an aromatic ring is 1. The third-order valence-electron chi connectivity index (χ3n) is 1.98. The average Bonchev–Trinajstić information content (AvgIpc) is 2.67. The van der Waals surface area contributed by atoms with Gasteiger partial charge in [-0.05, 0) is 6.92 Å². The molecule has 2 aromatic heterocycles. The molecule has 0 bridgehead atoms. The lowest BCUT2D eigenvalue weighted by molar-refractivity contribution is 0.974. The second-order valence-corrected chi connectivity index (χ2v) is 4.33. The molecule has 2 heterocycles. The SMILES string of the molecule is Cc1csc(CCNc2cnc(N)cn2)n1. The normalized spacial score (nSPS) is 10.3. The molecule has 5 nitrogen and oxygen atoms in total. The third-order valence-corrected chi connectivity index (χ3v) is 3.01. The van der Waals surface area contributed by atoms with Gasteiger partial charge in [0.05, 0.1) is 17.4 Å². The molecule has 0 spiro atoms. The molecule has 16 heavy (non-hydrogen) atoms. The average molecular weight is 235 g/mol. The van der Waals surface area contributed by atoms with Gasteiger partial charge in [0, 0.05) is 24.0 Å². The van der Waals surface area contributed by atoms with Gasteiger partial charge in [-0.25, -0.2) is 15.0 Å². The van der Waals surface area contributed by atoms with Crippen molar-refractivity contribution in [3.05, 3.63) is 28.5 Å². The molecule has 2 rings (SSSR count). The summed E-state index contributed by atoms with van der Waals surface area (Å²) >= 11 is 1.68. The summed E-state index contributed by atoms with van der Waals surface area (Å²) in [7, 11) is 0. The predicted octanol–water partition coefficient (Wildman–Crippen LogP) is 1.48. The molecule has 0 atom stereocenters. The van der Waals surface area contributed by atoms with E-state index in [1.165, 1.54) is 6.20 Å². The highest BCUT2D eigenvalue weighted by Gasteiger charge is 1.99. The van der Waals surface area contributed by atoms with Crippen molar-refractivity contribution in [3.63, 3.8) is 0 Å². The number of thiazole rings is 1. The fourth-order valence-corrected chi connectivity index (χ4v) is 2.02. The first-order chi connectivity index (χ1) is 7.74. The van der Waals surface area contributed by atoms with Gasteiger partial charge in [0.2, 0.25) is 0 Å². The summed E-state index contributed by atoms with van der Waals surface area (Å²) in [5.41, 5.74) is 6.52. The summed E-state index contributed by atoms with van der Waals surface area (Å²) in [5, 5.41) is 6.35. The van der Waals surface area contributed by atoms with Crippen LogP contribution in [0.3, 0.4) is 0 Å². The van der Waals surface area contributed by atoms with Crippen molar-refractivity contribution in [2.75, 3.05) is 17.6 Å². The molecular formula is C10H13N5S. The van der Waals surface area contributed by atoms with Gasteiger partial charge in [-0.15, -0.1) is 11.3 Å². The number of aromatic nitrogens is 3. The van der Waals surface area contributed by atoms with Crippen LogP contribution in [0.4, 0.5) is 11.6 Å². The molecule has 6 heteroatoms. The molecule has 2 aromatic rings. The summed E-state index contributed by atoms with van der Waals surface area (Å²) in [6.45, 7) is 2.80. The van der Waals surface area contributed by atoms with E-state index in [-0.39, 0.29) is 0 Å². The molecule has 0 aliphatic carbocycles. The number of anilines is 2. The van der Waals surface area contributed by atoms with Crippen molar-refractivity contribution in [1.29, 1.82) is 0 Å². The van der Waals surface area contributed by atoms with Crippen molar-refractivity contribution in [1.82, 2.24) is 15.0 Å². The van der Waals surface area contributed by atoms with Gasteiger partial charge in [-0.2, -0.15) is 0 Å². The van der Waals surface area contributed by atoms with Crippen LogP contribution in [-0.4, -0.2) is 21.5 Å². The van der Waals surface area contributed by atoms with Gasteiger partial charge in [-0.3, -0.25) is 0 Å². The number of nitrogens with zero attached hydrogens (tertiary/aromatic N) is 3. The van der Waals surface area contributed by atoms with Crippen molar-refractivity contribution >= 4 is 23.0 Å². The first kappa shape index (κ1) is 10.8. The standard InChI is InChI=1S/C10H13N5S/c1-7-6-16-10(15-7)2-3-12-9-5-13-8(11)4-14-9/h4-6H,2-3H2,1H3,(H2,11,13)(H,12,14). The van der Waals surface area contributed by atoms with E-state index < -0.39 is 0 Å². The van der Waals surface area contributed by atoms with Crippen LogP contribution in [0.15, 0.2) is 17.8 Å². The van der Waals surface area contributed by atoms with E-state index in [4.69, 9.17) is 5.73 Å². The fourth-order valence-electron chi connectivity index (χ4n) is 1.24. The first-order valence-corrected chi connectivity index (χ1v) is 5.84. The van der Waals surface area contributed by atoms with Gasteiger partial charge in [0.1, 0.15) is 11.6 Å². The summed E-state index contributed by atoms with van der Waals surface area (Å²) in [4.78, 5) is 12.4. The maximum Gasteiger partial charge on any atom is 0.144 e. The Bertz CT molecular complexity index is 450. The Kier molecular flexibility index (Phi) is 3.31. The lowest BCUT2D eigenvalue weighted by atomic mass is 10.4. The van der Waals surface area contributed by atoms with E-state index in [1.54, 1.807) is 17.5 Å². The number of aryl methyl sites for hydroxylation is 1. The second kappa shape index (κ2) is 4.89. The minimum Gasteiger partial charge on any atom is -0.382 e. The van der Waals surface area contributed by atoms with E-state index in [0.29, 0.717) is 5.82 Å². The Hall–Kier alpha value is -1.69. The topological polar surface area (TPSA) is 76.7 Å². The van der Waals surface area contributed by atoms with E-state index in [0.717, 1.165) is 29.5 Å². The van der Waals surface area contributed by atoms with Crippen LogP contribution in [0.25, 0.3) is 0 Å². The molecule has 0 saturated heterocycles. The first-order valence-electron chi connectivity index (χ1n) is 4.96. The van der Waals surface area contributed by atoms with E-state index >= 15 is 0 Å². The molecule has 84 valence electrons. The highest BCUT2D eigenvalue weighted by Crippen LogP contribution is 2.09.